The van der Waals surface area contributed by atoms with Gasteiger partial charge in [0.25, 0.3) is 5.89 Å². The third kappa shape index (κ3) is 3.39. The maximum absolute atomic E-state index is 11.5. The number of fused-ring (bicyclic) bond motifs is 1. The topological polar surface area (TPSA) is 78.4 Å². The van der Waals surface area contributed by atoms with Crippen molar-refractivity contribution in [1.29, 1.82) is 0 Å². The van der Waals surface area contributed by atoms with Gasteiger partial charge in [-0.1, -0.05) is 15.9 Å². The SMILES string of the molecule is Cc1cc(=O)oc2cc(OCc3nnc(-c4ccc(Br)cc4)o3)ccc12. The van der Waals surface area contributed by atoms with Crippen LogP contribution in [-0.4, -0.2) is 10.2 Å². The average molecular weight is 413 g/mol. The van der Waals surface area contributed by atoms with E-state index in [1.165, 1.54) is 6.07 Å². The van der Waals surface area contributed by atoms with Gasteiger partial charge in [0.05, 0.1) is 0 Å². The van der Waals surface area contributed by atoms with Crippen molar-refractivity contribution in [1.82, 2.24) is 10.2 Å². The Morgan fingerprint density at radius 3 is 2.65 bits per heavy atom. The lowest BCUT2D eigenvalue weighted by Gasteiger charge is -2.05. The van der Waals surface area contributed by atoms with E-state index in [2.05, 4.69) is 26.1 Å². The van der Waals surface area contributed by atoms with Crippen LogP contribution in [0.4, 0.5) is 0 Å². The standard InChI is InChI=1S/C19H13BrN2O4/c1-11-8-18(23)25-16-9-14(6-7-15(11)16)24-10-17-21-22-19(26-17)12-2-4-13(20)5-3-12/h2-9H,10H2,1H3. The van der Waals surface area contributed by atoms with Crippen LogP contribution in [0.2, 0.25) is 0 Å². The highest BCUT2D eigenvalue weighted by atomic mass is 79.9. The van der Waals surface area contributed by atoms with Gasteiger partial charge >= 0.3 is 5.63 Å². The van der Waals surface area contributed by atoms with E-state index in [1.807, 2.05) is 37.3 Å². The highest BCUT2D eigenvalue weighted by molar-refractivity contribution is 9.10. The zero-order valence-corrected chi connectivity index (χ0v) is 15.3. The molecule has 2 aromatic heterocycles. The number of nitrogens with zero attached hydrogens (tertiary/aromatic N) is 2. The van der Waals surface area contributed by atoms with Gasteiger partial charge in [0.15, 0.2) is 6.61 Å². The number of hydrogen-bond acceptors (Lipinski definition) is 6. The Labute approximate surface area is 156 Å². The third-order valence-electron chi connectivity index (χ3n) is 3.84. The van der Waals surface area contributed by atoms with Crippen molar-refractivity contribution in [2.24, 2.45) is 0 Å². The first-order valence-electron chi connectivity index (χ1n) is 7.84. The Balaban J connectivity index is 1.51. The molecule has 0 fully saturated rings. The first kappa shape index (κ1) is 16.5. The number of ether oxygens (including phenoxy) is 1. The summed E-state index contributed by atoms with van der Waals surface area (Å²) in [4.78, 5) is 11.5. The van der Waals surface area contributed by atoms with Crippen molar-refractivity contribution in [2.45, 2.75) is 13.5 Å². The van der Waals surface area contributed by atoms with E-state index in [4.69, 9.17) is 13.6 Å². The fraction of sp³-hybridized carbons (Fsp3) is 0.105. The van der Waals surface area contributed by atoms with E-state index >= 15 is 0 Å². The molecule has 0 spiro atoms. The first-order valence-corrected chi connectivity index (χ1v) is 8.63. The molecule has 2 aromatic carbocycles. The van der Waals surface area contributed by atoms with Crippen LogP contribution in [0.25, 0.3) is 22.4 Å². The molecule has 0 aliphatic carbocycles. The van der Waals surface area contributed by atoms with Crippen LogP contribution in [0.5, 0.6) is 5.75 Å². The van der Waals surface area contributed by atoms with E-state index in [1.54, 1.807) is 12.1 Å². The van der Waals surface area contributed by atoms with Gasteiger partial charge in [-0.25, -0.2) is 4.79 Å². The lowest BCUT2D eigenvalue weighted by Crippen LogP contribution is -1.99. The van der Waals surface area contributed by atoms with Gasteiger partial charge in [-0.15, -0.1) is 10.2 Å². The molecule has 26 heavy (non-hydrogen) atoms. The molecule has 0 aliphatic heterocycles. The van der Waals surface area contributed by atoms with Crippen LogP contribution in [0, 0.1) is 6.92 Å². The summed E-state index contributed by atoms with van der Waals surface area (Å²) >= 11 is 3.39. The fourth-order valence-electron chi connectivity index (χ4n) is 2.56. The largest absolute Gasteiger partial charge is 0.484 e. The van der Waals surface area contributed by atoms with Gasteiger partial charge in [-0.05, 0) is 48.9 Å². The maximum Gasteiger partial charge on any atom is 0.336 e. The fourth-order valence-corrected chi connectivity index (χ4v) is 2.83. The smallest absolute Gasteiger partial charge is 0.336 e. The molecular weight excluding hydrogens is 400 g/mol. The summed E-state index contributed by atoms with van der Waals surface area (Å²) in [6, 6.07) is 14.4. The Hall–Kier alpha value is -2.93. The molecule has 6 nitrogen and oxygen atoms in total. The molecule has 0 unspecified atom stereocenters. The number of halogens is 1. The van der Waals surface area contributed by atoms with Crippen molar-refractivity contribution < 1.29 is 13.6 Å². The van der Waals surface area contributed by atoms with Gasteiger partial charge in [-0.3, -0.25) is 0 Å². The van der Waals surface area contributed by atoms with Gasteiger partial charge in [0.2, 0.25) is 5.89 Å². The van der Waals surface area contributed by atoms with E-state index in [0.29, 0.717) is 23.1 Å². The normalized spacial score (nSPS) is 11.0. The summed E-state index contributed by atoms with van der Waals surface area (Å²) < 4.78 is 17.5. The summed E-state index contributed by atoms with van der Waals surface area (Å²) in [5.41, 5.74) is 1.78. The summed E-state index contributed by atoms with van der Waals surface area (Å²) in [5, 5.41) is 8.89. The molecule has 7 heteroatoms. The predicted molar refractivity (Wildman–Crippen MR) is 99.0 cm³/mol. The molecule has 4 rings (SSSR count). The summed E-state index contributed by atoms with van der Waals surface area (Å²) in [7, 11) is 0. The van der Waals surface area contributed by atoms with Crippen molar-refractivity contribution in [3.63, 3.8) is 0 Å². The zero-order valence-electron chi connectivity index (χ0n) is 13.7. The van der Waals surface area contributed by atoms with Crippen molar-refractivity contribution in [2.75, 3.05) is 0 Å². The predicted octanol–water partition coefficient (Wildman–Crippen LogP) is 4.49. The second kappa shape index (κ2) is 6.76. The summed E-state index contributed by atoms with van der Waals surface area (Å²) in [5.74, 6) is 1.33. The molecule has 0 atom stereocenters. The van der Waals surface area contributed by atoms with Gasteiger partial charge in [0.1, 0.15) is 11.3 Å². The number of aromatic nitrogens is 2. The molecule has 0 saturated carbocycles. The zero-order chi connectivity index (χ0) is 18.1. The number of benzene rings is 2. The second-order valence-electron chi connectivity index (χ2n) is 5.70. The molecule has 0 N–H and O–H groups in total. The minimum absolute atomic E-state index is 0.116. The molecule has 0 radical (unpaired) electrons. The minimum Gasteiger partial charge on any atom is -0.484 e. The quantitative estimate of drug-likeness (QED) is 0.459. The Morgan fingerprint density at radius 1 is 1.04 bits per heavy atom. The van der Waals surface area contributed by atoms with Gasteiger partial charge < -0.3 is 13.6 Å². The molecule has 4 aromatic rings. The molecule has 0 saturated heterocycles. The molecule has 130 valence electrons. The lowest BCUT2D eigenvalue weighted by molar-refractivity contribution is 0.264. The van der Waals surface area contributed by atoms with Gasteiger partial charge in [0, 0.05) is 27.6 Å². The molecular formula is C19H13BrN2O4. The monoisotopic (exact) mass is 412 g/mol. The number of aryl methyl sites for hydroxylation is 1. The van der Waals surface area contributed by atoms with Crippen LogP contribution in [0.15, 0.2) is 66.6 Å². The van der Waals surface area contributed by atoms with Crippen LogP contribution in [0.3, 0.4) is 0 Å². The average Bonchev–Trinajstić information content (AvgIpc) is 3.09. The van der Waals surface area contributed by atoms with Crippen molar-refractivity contribution in [3.8, 4) is 17.2 Å². The Kier molecular flexibility index (Phi) is 4.30. The van der Waals surface area contributed by atoms with E-state index in [9.17, 15) is 4.79 Å². The second-order valence-corrected chi connectivity index (χ2v) is 6.62. The Morgan fingerprint density at radius 2 is 1.85 bits per heavy atom. The Bertz CT molecular complexity index is 1130. The number of hydrogen-bond donors (Lipinski definition) is 0. The lowest BCUT2D eigenvalue weighted by atomic mass is 10.1. The molecule has 0 aliphatic rings. The summed E-state index contributed by atoms with van der Waals surface area (Å²) in [6.07, 6.45) is 0. The van der Waals surface area contributed by atoms with Crippen LogP contribution < -0.4 is 10.4 Å². The van der Waals surface area contributed by atoms with Crippen molar-refractivity contribution >= 4 is 26.9 Å². The molecule has 0 amide bonds. The van der Waals surface area contributed by atoms with Crippen molar-refractivity contribution in [3.05, 3.63) is 74.9 Å². The van der Waals surface area contributed by atoms with Crippen LogP contribution in [-0.2, 0) is 6.61 Å². The minimum atomic E-state index is -0.386. The number of rotatable bonds is 4. The molecule has 2 heterocycles. The third-order valence-corrected chi connectivity index (χ3v) is 4.37. The van der Waals surface area contributed by atoms with Gasteiger partial charge in [-0.2, -0.15) is 0 Å². The van der Waals surface area contributed by atoms with Crippen LogP contribution in [0.1, 0.15) is 11.5 Å². The molecule has 0 bridgehead atoms. The van der Waals surface area contributed by atoms with E-state index in [0.717, 1.165) is 21.0 Å². The highest BCUT2D eigenvalue weighted by Crippen LogP contribution is 2.24. The first-order chi connectivity index (χ1) is 12.6. The van der Waals surface area contributed by atoms with E-state index < -0.39 is 0 Å². The summed E-state index contributed by atoms with van der Waals surface area (Å²) in [6.45, 7) is 1.98. The highest BCUT2D eigenvalue weighted by Gasteiger charge is 2.10. The van der Waals surface area contributed by atoms with E-state index in [-0.39, 0.29) is 12.2 Å². The maximum atomic E-state index is 11.5. The van der Waals surface area contributed by atoms with Crippen LogP contribution >= 0.6 is 15.9 Å².